The molecule has 7 nitrogen and oxygen atoms in total. The quantitative estimate of drug-likeness (QED) is 0.271. The topological polar surface area (TPSA) is 86.2 Å². The van der Waals surface area contributed by atoms with Crippen molar-refractivity contribution in [2.45, 2.75) is 0 Å². The second kappa shape index (κ2) is 10.0. The molecule has 0 heterocycles. The molecule has 3 aromatic rings. The Kier molecular flexibility index (Phi) is 6.95. The maximum atomic E-state index is 13.6. The van der Waals surface area contributed by atoms with Crippen molar-refractivity contribution in [3.63, 3.8) is 0 Å². The fourth-order valence-corrected chi connectivity index (χ4v) is 2.62. The minimum absolute atomic E-state index is 0.147. The van der Waals surface area contributed by atoms with E-state index in [1.54, 1.807) is 36.4 Å². The lowest BCUT2D eigenvalue weighted by Crippen LogP contribution is -2.17. The summed E-state index contributed by atoms with van der Waals surface area (Å²) in [4.78, 5) is 24.3. The van der Waals surface area contributed by atoms with Gasteiger partial charge in [0.1, 0.15) is 11.6 Å². The highest BCUT2D eigenvalue weighted by Gasteiger charge is 2.13. The first-order valence-corrected chi connectivity index (χ1v) is 9.14. The Hall–Kier alpha value is -4.20. The Morgan fingerprint density at radius 2 is 1.65 bits per heavy atom. The summed E-state index contributed by atoms with van der Waals surface area (Å²) in [5.41, 5.74) is 3.27. The van der Waals surface area contributed by atoms with Crippen LogP contribution in [0.2, 0.25) is 0 Å². The highest BCUT2D eigenvalue weighted by atomic mass is 19.1. The number of hydrogen-bond acceptors (Lipinski definition) is 6. The molecule has 3 aromatic carbocycles. The van der Waals surface area contributed by atoms with E-state index in [4.69, 9.17) is 14.2 Å². The zero-order chi connectivity index (χ0) is 22.2. The Labute approximate surface area is 178 Å². The summed E-state index contributed by atoms with van der Waals surface area (Å²) in [6, 6.07) is 16.7. The van der Waals surface area contributed by atoms with Crippen molar-refractivity contribution in [1.82, 2.24) is 5.43 Å². The van der Waals surface area contributed by atoms with Gasteiger partial charge in [-0.3, -0.25) is 4.79 Å². The smallest absolute Gasteiger partial charge is 0.346 e. The lowest BCUT2D eigenvalue weighted by Gasteiger charge is -2.08. The monoisotopic (exact) mass is 422 g/mol. The van der Waals surface area contributed by atoms with Crippen molar-refractivity contribution in [3.8, 4) is 17.2 Å². The highest BCUT2D eigenvalue weighted by molar-refractivity contribution is 5.95. The maximum absolute atomic E-state index is 13.6. The number of nitrogens with one attached hydrogen (secondary N) is 1. The van der Waals surface area contributed by atoms with Crippen LogP contribution in [-0.4, -0.2) is 32.3 Å². The molecular formula is C23H19FN2O5. The van der Waals surface area contributed by atoms with E-state index in [1.807, 2.05) is 0 Å². The summed E-state index contributed by atoms with van der Waals surface area (Å²) in [7, 11) is 2.99. The number of hydrazone groups is 1. The van der Waals surface area contributed by atoms with Crippen LogP contribution in [0.3, 0.4) is 0 Å². The fourth-order valence-electron chi connectivity index (χ4n) is 2.62. The second-order valence-corrected chi connectivity index (χ2v) is 6.21. The number of carbonyl (C=O) groups is 2. The predicted octanol–water partition coefficient (Wildman–Crippen LogP) is 3.83. The Bertz CT molecular complexity index is 1110. The number of esters is 1. The van der Waals surface area contributed by atoms with Crippen LogP contribution < -0.4 is 19.6 Å². The number of amides is 1. The molecule has 158 valence electrons. The number of benzene rings is 3. The van der Waals surface area contributed by atoms with Gasteiger partial charge in [0.15, 0.2) is 11.5 Å². The predicted molar refractivity (Wildman–Crippen MR) is 112 cm³/mol. The minimum Gasteiger partial charge on any atom is -0.493 e. The van der Waals surface area contributed by atoms with Gasteiger partial charge in [0.2, 0.25) is 0 Å². The maximum Gasteiger partial charge on any atom is 0.346 e. The molecule has 0 aliphatic heterocycles. The molecule has 0 fully saturated rings. The number of nitrogens with zero attached hydrogens (tertiary/aromatic N) is 1. The van der Waals surface area contributed by atoms with Gasteiger partial charge in [-0.2, -0.15) is 5.10 Å². The zero-order valence-corrected chi connectivity index (χ0v) is 16.8. The molecule has 0 aliphatic carbocycles. The van der Waals surface area contributed by atoms with Crippen molar-refractivity contribution >= 4 is 18.1 Å². The van der Waals surface area contributed by atoms with Gasteiger partial charge >= 0.3 is 5.97 Å². The SMILES string of the molecule is COc1ccc(C(=O)NN=Cc2ccc(OC(=O)c3ccccc3F)cc2)cc1OC. The van der Waals surface area contributed by atoms with E-state index >= 15 is 0 Å². The van der Waals surface area contributed by atoms with Crippen LogP contribution in [0.4, 0.5) is 4.39 Å². The fraction of sp³-hybridized carbons (Fsp3) is 0.0870. The van der Waals surface area contributed by atoms with Crippen LogP contribution in [0.5, 0.6) is 17.2 Å². The van der Waals surface area contributed by atoms with Crippen LogP contribution in [0.15, 0.2) is 71.8 Å². The molecule has 0 aromatic heterocycles. The van der Waals surface area contributed by atoms with E-state index < -0.39 is 17.7 Å². The summed E-state index contributed by atoms with van der Waals surface area (Å²) < 4.78 is 29.1. The molecule has 1 N–H and O–H groups in total. The molecule has 8 heteroatoms. The standard InChI is InChI=1S/C23H19FN2O5/c1-29-20-12-9-16(13-21(20)30-2)22(27)26-25-14-15-7-10-17(11-8-15)31-23(28)18-5-3-4-6-19(18)24/h3-14H,1-2H3,(H,26,27). The first-order valence-electron chi connectivity index (χ1n) is 9.14. The van der Waals surface area contributed by atoms with Gasteiger partial charge in [-0.15, -0.1) is 0 Å². The molecule has 0 saturated heterocycles. The molecule has 0 saturated carbocycles. The summed E-state index contributed by atoms with van der Waals surface area (Å²) in [6.07, 6.45) is 1.43. The third-order valence-electron chi connectivity index (χ3n) is 4.21. The van der Waals surface area contributed by atoms with Gasteiger partial charge in [-0.1, -0.05) is 12.1 Å². The number of hydrogen-bond donors (Lipinski definition) is 1. The van der Waals surface area contributed by atoms with Crippen LogP contribution in [0.1, 0.15) is 26.3 Å². The van der Waals surface area contributed by atoms with E-state index in [-0.39, 0.29) is 11.3 Å². The third kappa shape index (κ3) is 5.45. The van der Waals surface area contributed by atoms with Crippen molar-refractivity contribution in [2.24, 2.45) is 5.10 Å². The molecule has 0 radical (unpaired) electrons. The minimum atomic E-state index is -0.790. The lowest BCUT2D eigenvalue weighted by molar-refractivity contribution is 0.0729. The van der Waals surface area contributed by atoms with Crippen LogP contribution in [-0.2, 0) is 0 Å². The van der Waals surface area contributed by atoms with Crippen molar-refractivity contribution in [3.05, 3.63) is 89.2 Å². The van der Waals surface area contributed by atoms with Gasteiger partial charge < -0.3 is 14.2 Å². The molecule has 31 heavy (non-hydrogen) atoms. The Morgan fingerprint density at radius 3 is 2.32 bits per heavy atom. The van der Waals surface area contributed by atoms with Crippen molar-refractivity contribution in [2.75, 3.05) is 14.2 Å². The number of methoxy groups -OCH3 is 2. The van der Waals surface area contributed by atoms with Gasteiger partial charge in [0.25, 0.3) is 5.91 Å². The number of halogens is 1. The first kappa shape index (κ1) is 21.5. The Balaban J connectivity index is 1.59. The lowest BCUT2D eigenvalue weighted by atomic mass is 10.2. The largest absolute Gasteiger partial charge is 0.493 e. The van der Waals surface area contributed by atoms with Gasteiger partial charge in [0.05, 0.1) is 26.0 Å². The second-order valence-electron chi connectivity index (χ2n) is 6.21. The van der Waals surface area contributed by atoms with E-state index in [0.29, 0.717) is 22.6 Å². The van der Waals surface area contributed by atoms with Crippen LogP contribution in [0, 0.1) is 5.82 Å². The molecule has 0 bridgehead atoms. The van der Waals surface area contributed by atoms with Gasteiger partial charge in [0, 0.05) is 5.56 Å². The average Bonchev–Trinajstić information content (AvgIpc) is 2.79. The molecule has 1 amide bonds. The normalized spacial score (nSPS) is 10.5. The average molecular weight is 422 g/mol. The van der Waals surface area contributed by atoms with E-state index in [2.05, 4.69) is 10.5 Å². The van der Waals surface area contributed by atoms with Crippen LogP contribution in [0.25, 0.3) is 0 Å². The van der Waals surface area contributed by atoms with E-state index in [9.17, 15) is 14.0 Å². The molecule has 0 atom stereocenters. The van der Waals surface area contributed by atoms with Gasteiger partial charge in [-0.05, 0) is 60.2 Å². The van der Waals surface area contributed by atoms with Crippen LogP contribution >= 0.6 is 0 Å². The van der Waals surface area contributed by atoms with E-state index in [0.717, 1.165) is 0 Å². The number of ether oxygens (including phenoxy) is 3. The van der Waals surface area contributed by atoms with Gasteiger partial charge in [-0.25, -0.2) is 14.6 Å². The number of carbonyl (C=O) groups excluding carboxylic acids is 2. The van der Waals surface area contributed by atoms with Crippen molar-refractivity contribution in [1.29, 1.82) is 0 Å². The molecule has 0 unspecified atom stereocenters. The zero-order valence-electron chi connectivity index (χ0n) is 16.8. The van der Waals surface area contributed by atoms with E-state index in [1.165, 1.54) is 50.8 Å². The molecule has 0 spiro atoms. The van der Waals surface area contributed by atoms with Crippen molar-refractivity contribution < 1.29 is 28.2 Å². The molecule has 3 rings (SSSR count). The summed E-state index contributed by atoms with van der Waals surface area (Å²) in [5, 5.41) is 3.91. The molecular weight excluding hydrogens is 403 g/mol. The Morgan fingerprint density at radius 1 is 0.935 bits per heavy atom. The number of rotatable bonds is 7. The summed E-state index contributed by atoms with van der Waals surface area (Å²) >= 11 is 0. The first-order chi connectivity index (χ1) is 15.0. The summed E-state index contributed by atoms with van der Waals surface area (Å²) in [5.74, 6) is -0.673. The third-order valence-corrected chi connectivity index (χ3v) is 4.21. The summed E-state index contributed by atoms with van der Waals surface area (Å²) in [6.45, 7) is 0. The highest BCUT2D eigenvalue weighted by Crippen LogP contribution is 2.27. The molecule has 0 aliphatic rings.